The predicted octanol–water partition coefficient (Wildman–Crippen LogP) is 2.45. The average molecular weight is 355 g/mol. The summed E-state index contributed by atoms with van der Waals surface area (Å²) in [4.78, 5) is 25.6. The molecule has 2 heterocycles. The highest BCUT2D eigenvalue weighted by Gasteiger charge is 2.28. The van der Waals surface area contributed by atoms with Crippen LogP contribution in [0.1, 0.15) is 44.9 Å². The Kier molecular flexibility index (Phi) is 5.60. The van der Waals surface area contributed by atoms with Crippen LogP contribution in [-0.4, -0.2) is 41.5 Å². The van der Waals surface area contributed by atoms with Gasteiger partial charge in [-0.25, -0.2) is 9.89 Å². The number of alkyl carbamates (subject to hydrolysis) is 1. The molecular weight excluding hydrogens is 332 g/mol. The lowest BCUT2D eigenvalue weighted by Crippen LogP contribution is -2.37. The summed E-state index contributed by atoms with van der Waals surface area (Å²) >= 11 is 6.03. The van der Waals surface area contributed by atoms with Crippen LogP contribution in [0.5, 0.6) is 0 Å². The molecule has 0 spiro atoms. The van der Waals surface area contributed by atoms with Crippen molar-refractivity contribution in [3.63, 3.8) is 0 Å². The van der Waals surface area contributed by atoms with E-state index in [1.807, 2.05) is 4.90 Å². The van der Waals surface area contributed by atoms with Gasteiger partial charge in [-0.15, -0.1) is 0 Å². The highest BCUT2D eigenvalue weighted by molar-refractivity contribution is 6.33. The summed E-state index contributed by atoms with van der Waals surface area (Å²) in [6.07, 6.45) is 8.56. The maximum absolute atomic E-state index is 12.1. The van der Waals surface area contributed by atoms with Crippen molar-refractivity contribution in [3.05, 3.63) is 21.6 Å². The fraction of sp³-hybridized carbons (Fsp3) is 0.688. The Bertz CT molecular complexity index is 628. The first-order valence-electron chi connectivity index (χ1n) is 8.59. The number of rotatable bonds is 3. The van der Waals surface area contributed by atoms with Gasteiger partial charge in [0.05, 0.1) is 18.4 Å². The van der Waals surface area contributed by atoms with Crippen LogP contribution in [0.3, 0.4) is 0 Å². The molecule has 0 radical (unpaired) electrons. The van der Waals surface area contributed by atoms with E-state index in [1.54, 1.807) is 0 Å². The zero-order valence-electron chi connectivity index (χ0n) is 13.6. The Hall–Kier alpha value is -1.76. The SMILES string of the molecule is O=C(NC1CCCCCC1)OC1CCN(c2cn[nH]c(=O)c2Cl)C1. The molecule has 7 nitrogen and oxygen atoms in total. The summed E-state index contributed by atoms with van der Waals surface area (Å²) in [6, 6.07) is 0.226. The zero-order valence-corrected chi connectivity index (χ0v) is 14.3. The van der Waals surface area contributed by atoms with Crippen LogP contribution in [0.2, 0.25) is 5.02 Å². The minimum Gasteiger partial charge on any atom is -0.444 e. The van der Waals surface area contributed by atoms with Crippen molar-refractivity contribution in [2.75, 3.05) is 18.0 Å². The third kappa shape index (κ3) is 4.20. The number of hydrogen-bond donors (Lipinski definition) is 2. The van der Waals surface area contributed by atoms with Crippen molar-refractivity contribution in [2.24, 2.45) is 0 Å². The van der Waals surface area contributed by atoms with Crippen molar-refractivity contribution in [1.29, 1.82) is 0 Å². The lowest BCUT2D eigenvalue weighted by atomic mass is 10.1. The fourth-order valence-electron chi connectivity index (χ4n) is 3.41. The van der Waals surface area contributed by atoms with Crippen LogP contribution in [0.25, 0.3) is 0 Å². The number of aromatic nitrogens is 2. The van der Waals surface area contributed by atoms with Gasteiger partial charge >= 0.3 is 6.09 Å². The van der Waals surface area contributed by atoms with E-state index < -0.39 is 5.56 Å². The van der Waals surface area contributed by atoms with Crippen LogP contribution in [-0.2, 0) is 4.74 Å². The lowest BCUT2D eigenvalue weighted by Gasteiger charge is -2.20. The van der Waals surface area contributed by atoms with Gasteiger partial charge in [-0.1, -0.05) is 37.3 Å². The fourth-order valence-corrected chi connectivity index (χ4v) is 3.62. The van der Waals surface area contributed by atoms with Crippen LogP contribution in [0.4, 0.5) is 10.5 Å². The Balaban J connectivity index is 1.51. The first-order chi connectivity index (χ1) is 11.6. The number of H-pyrrole nitrogens is 1. The molecule has 1 amide bonds. The van der Waals surface area contributed by atoms with Crippen molar-refractivity contribution in [3.8, 4) is 0 Å². The number of nitrogens with one attached hydrogen (secondary N) is 2. The first kappa shape index (κ1) is 17.1. The average Bonchev–Trinajstić information content (AvgIpc) is 2.85. The number of amides is 1. The summed E-state index contributed by atoms with van der Waals surface area (Å²) < 4.78 is 5.54. The van der Waals surface area contributed by atoms with Crippen molar-refractivity contribution < 1.29 is 9.53 Å². The smallest absolute Gasteiger partial charge is 0.407 e. The minimum absolute atomic E-state index is 0.119. The molecule has 2 aliphatic rings. The van der Waals surface area contributed by atoms with Crippen LogP contribution in [0, 0.1) is 0 Å². The Morgan fingerprint density at radius 3 is 2.79 bits per heavy atom. The summed E-state index contributed by atoms with van der Waals surface area (Å²) in [5.41, 5.74) is 0.167. The molecule has 1 unspecified atom stereocenters. The number of halogens is 1. The van der Waals surface area contributed by atoms with E-state index in [4.69, 9.17) is 16.3 Å². The van der Waals surface area contributed by atoms with Gasteiger partial charge in [-0.2, -0.15) is 5.10 Å². The molecule has 1 aliphatic heterocycles. The highest BCUT2D eigenvalue weighted by atomic mass is 35.5. The van der Waals surface area contributed by atoms with E-state index in [0.717, 1.165) is 25.7 Å². The first-order valence-corrected chi connectivity index (χ1v) is 8.96. The molecular formula is C16H23ClN4O3. The van der Waals surface area contributed by atoms with E-state index in [1.165, 1.54) is 19.0 Å². The summed E-state index contributed by atoms with van der Waals surface area (Å²) in [6.45, 7) is 1.19. The van der Waals surface area contributed by atoms with E-state index in [9.17, 15) is 9.59 Å². The molecule has 1 atom stereocenters. The standard InChI is InChI=1S/C16H23ClN4O3/c17-14-13(9-18-20-15(14)22)21-8-7-12(10-21)24-16(23)19-11-5-3-1-2-4-6-11/h9,11-12H,1-8,10H2,(H,19,23)(H,20,22). The molecule has 1 saturated carbocycles. The molecule has 24 heavy (non-hydrogen) atoms. The number of carbonyl (C=O) groups is 1. The number of nitrogens with zero attached hydrogens (tertiary/aromatic N) is 2. The summed E-state index contributed by atoms with van der Waals surface area (Å²) in [5.74, 6) is 0. The molecule has 2 fully saturated rings. The maximum atomic E-state index is 12.1. The molecule has 1 aliphatic carbocycles. The van der Waals surface area contributed by atoms with Gasteiger partial charge in [0.15, 0.2) is 0 Å². The molecule has 2 N–H and O–H groups in total. The second kappa shape index (κ2) is 7.88. The lowest BCUT2D eigenvalue weighted by molar-refractivity contribution is 0.104. The largest absolute Gasteiger partial charge is 0.444 e. The Morgan fingerprint density at radius 2 is 2.04 bits per heavy atom. The second-order valence-corrected chi connectivity index (χ2v) is 6.87. The molecule has 1 saturated heterocycles. The summed E-state index contributed by atoms with van der Waals surface area (Å²) in [7, 11) is 0. The molecule has 0 bridgehead atoms. The normalized spacial score (nSPS) is 22.2. The van der Waals surface area contributed by atoms with Gasteiger partial charge in [0.25, 0.3) is 5.56 Å². The van der Waals surface area contributed by atoms with E-state index in [2.05, 4.69) is 15.5 Å². The number of carbonyl (C=O) groups excluding carboxylic acids is 1. The monoisotopic (exact) mass is 354 g/mol. The zero-order chi connectivity index (χ0) is 16.9. The molecule has 132 valence electrons. The second-order valence-electron chi connectivity index (χ2n) is 6.49. The molecule has 8 heteroatoms. The Morgan fingerprint density at radius 1 is 1.29 bits per heavy atom. The topological polar surface area (TPSA) is 87.3 Å². The van der Waals surface area contributed by atoms with E-state index in [0.29, 0.717) is 25.2 Å². The highest BCUT2D eigenvalue weighted by Crippen LogP contribution is 2.26. The molecule has 1 aromatic rings. The van der Waals surface area contributed by atoms with Gasteiger partial charge in [0, 0.05) is 19.0 Å². The van der Waals surface area contributed by atoms with Crippen molar-refractivity contribution in [2.45, 2.75) is 57.1 Å². The third-order valence-electron chi connectivity index (χ3n) is 4.71. The van der Waals surface area contributed by atoms with Crippen LogP contribution < -0.4 is 15.8 Å². The molecule has 3 rings (SSSR count). The third-order valence-corrected chi connectivity index (χ3v) is 5.08. The van der Waals surface area contributed by atoms with Gasteiger partial charge in [-0.05, 0) is 12.8 Å². The minimum atomic E-state index is -0.412. The molecule has 0 aromatic carbocycles. The van der Waals surface area contributed by atoms with Crippen LogP contribution >= 0.6 is 11.6 Å². The van der Waals surface area contributed by atoms with Gasteiger partial charge in [0.1, 0.15) is 11.1 Å². The number of ether oxygens (including phenoxy) is 1. The summed E-state index contributed by atoms with van der Waals surface area (Å²) in [5, 5.41) is 9.18. The van der Waals surface area contributed by atoms with Gasteiger partial charge < -0.3 is 15.0 Å². The quantitative estimate of drug-likeness (QED) is 0.814. The number of hydrogen-bond acceptors (Lipinski definition) is 5. The predicted molar refractivity (Wildman–Crippen MR) is 91.6 cm³/mol. The molecule has 1 aromatic heterocycles. The van der Waals surface area contributed by atoms with E-state index in [-0.39, 0.29) is 23.3 Å². The number of anilines is 1. The number of aromatic amines is 1. The maximum Gasteiger partial charge on any atom is 0.407 e. The van der Waals surface area contributed by atoms with Gasteiger partial charge in [-0.3, -0.25) is 4.79 Å². The van der Waals surface area contributed by atoms with Crippen molar-refractivity contribution >= 4 is 23.4 Å². The van der Waals surface area contributed by atoms with E-state index >= 15 is 0 Å². The van der Waals surface area contributed by atoms with Crippen LogP contribution in [0.15, 0.2) is 11.0 Å². The van der Waals surface area contributed by atoms with Crippen molar-refractivity contribution in [1.82, 2.24) is 15.5 Å². The Labute approximate surface area is 145 Å². The van der Waals surface area contributed by atoms with Gasteiger partial charge in [0.2, 0.25) is 0 Å².